The molecule has 0 heterocycles. The number of rotatable bonds is 7. The third-order valence-corrected chi connectivity index (χ3v) is 3.98. The summed E-state index contributed by atoms with van der Waals surface area (Å²) in [4.78, 5) is 26.0. The van der Waals surface area contributed by atoms with Crippen LogP contribution in [0.15, 0.2) is 48.5 Å². The number of benzene rings is 2. The molecule has 0 aromatic heterocycles. The SMILES string of the molecule is CCN(CC)C(=O)CNc1ccc(NC(=O)c2cccc(C)c2)cc1. The van der Waals surface area contributed by atoms with Crippen LogP contribution in [0, 0.1) is 6.92 Å². The van der Waals surface area contributed by atoms with Crippen molar-refractivity contribution in [3.8, 4) is 0 Å². The van der Waals surface area contributed by atoms with Crippen LogP contribution in [0.4, 0.5) is 11.4 Å². The van der Waals surface area contributed by atoms with Crippen molar-refractivity contribution in [1.29, 1.82) is 0 Å². The molecule has 0 atom stereocenters. The van der Waals surface area contributed by atoms with E-state index in [2.05, 4.69) is 10.6 Å². The van der Waals surface area contributed by atoms with Gasteiger partial charge in [-0.25, -0.2) is 0 Å². The number of carbonyl (C=O) groups excluding carboxylic acids is 2. The van der Waals surface area contributed by atoms with Crippen molar-refractivity contribution < 1.29 is 9.59 Å². The van der Waals surface area contributed by atoms with Gasteiger partial charge in [-0.2, -0.15) is 0 Å². The van der Waals surface area contributed by atoms with Gasteiger partial charge in [0.05, 0.1) is 6.54 Å². The molecule has 0 saturated carbocycles. The van der Waals surface area contributed by atoms with Crippen molar-refractivity contribution in [2.75, 3.05) is 30.3 Å². The van der Waals surface area contributed by atoms with E-state index in [4.69, 9.17) is 0 Å². The monoisotopic (exact) mass is 339 g/mol. The Morgan fingerprint density at radius 1 is 0.960 bits per heavy atom. The van der Waals surface area contributed by atoms with E-state index in [0.29, 0.717) is 24.3 Å². The summed E-state index contributed by atoms with van der Waals surface area (Å²) in [5.41, 5.74) is 3.23. The Morgan fingerprint density at radius 3 is 2.20 bits per heavy atom. The summed E-state index contributed by atoms with van der Waals surface area (Å²) in [6.45, 7) is 7.56. The molecule has 0 aliphatic heterocycles. The lowest BCUT2D eigenvalue weighted by Crippen LogP contribution is -2.35. The molecule has 25 heavy (non-hydrogen) atoms. The van der Waals surface area contributed by atoms with Crippen LogP contribution in [0.5, 0.6) is 0 Å². The van der Waals surface area contributed by atoms with E-state index in [9.17, 15) is 9.59 Å². The van der Waals surface area contributed by atoms with Crippen LogP contribution in [0.25, 0.3) is 0 Å². The lowest BCUT2D eigenvalue weighted by Gasteiger charge is -2.19. The first-order chi connectivity index (χ1) is 12.0. The largest absolute Gasteiger partial charge is 0.376 e. The number of anilines is 2. The molecular weight excluding hydrogens is 314 g/mol. The van der Waals surface area contributed by atoms with Gasteiger partial charge >= 0.3 is 0 Å². The van der Waals surface area contributed by atoms with Gasteiger partial charge in [-0.05, 0) is 57.2 Å². The number of likely N-dealkylation sites (N-methyl/N-ethyl adjacent to an activating group) is 1. The maximum absolute atomic E-state index is 12.2. The Bertz CT molecular complexity index is 722. The fourth-order valence-corrected chi connectivity index (χ4v) is 2.53. The second-order valence-electron chi connectivity index (χ2n) is 5.82. The smallest absolute Gasteiger partial charge is 0.255 e. The van der Waals surface area contributed by atoms with Gasteiger partial charge in [-0.15, -0.1) is 0 Å². The molecule has 0 unspecified atom stereocenters. The minimum absolute atomic E-state index is 0.0711. The fraction of sp³-hybridized carbons (Fsp3) is 0.300. The first-order valence-corrected chi connectivity index (χ1v) is 8.53. The highest BCUT2D eigenvalue weighted by molar-refractivity contribution is 6.04. The van der Waals surface area contributed by atoms with Crippen molar-refractivity contribution in [3.05, 3.63) is 59.7 Å². The summed E-state index contributed by atoms with van der Waals surface area (Å²) in [6, 6.07) is 14.8. The number of hydrogen-bond donors (Lipinski definition) is 2. The number of amides is 2. The molecule has 0 spiro atoms. The van der Waals surface area contributed by atoms with E-state index < -0.39 is 0 Å². The lowest BCUT2D eigenvalue weighted by atomic mass is 10.1. The molecule has 0 radical (unpaired) electrons. The number of aryl methyl sites for hydroxylation is 1. The highest BCUT2D eigenvalue weighted by Gasteiger charge is 2.09. The summed E-state index contributed by atoms with van der Waals surface area (Å²) in [5.74, 6) is -0.0667. The zero-order valence-electron chi connectivity index (χ0n) is 15.0. The van der Waals surface area contributed by atoms with Crippen LogP contribution in [0.1, 0.15) is 29.8 Å². The van der Waals surface area contributed by atoms with Gasteiger partial charge in [-0.3, -0.25) is 9.59 Å². The molecule has 132 valence electrons. The Kier molecular flexibility index (Phi) is 6.57. The zero-order chi connectivity index (χ0) is 18.2. The van der Waals surface area contributed by atoms with E-state index in [1.807, 2.05) is 63.2 Å². The molecule has 2 N–H and O–H groups in total. The number of carbonyl (C=O) groups is 2. The summed E-state index contributed by atoms with van der Waals surface area (Å²) in [7, 11) is 0. The Hall–Kier alpha value is -2.82. The molecule has 5 heteroatoms. The molecule has 0 aliphatic rings. The normalized spacial score (nSPS) is 10.2. The van der Waals surface area contributed by atoms with Crippen molar-refractivity contribution in [2.45, 2.75) is 20.8 Å². The maximum Gasteiger partial charge on any atom is 0.255 e. The molecule has 0 fully saturated rings. The fourth-order valence-electron chi connectivity index (χ4n) is 2.53. The number of hydrogen-bond acceptors (Lipinski definition) is 3. The van der Waals surface area contributed by atoms with Crippen molar-refractivity contribution >= 4 is 23.2 Å². The number of nitrogens with zero attached hydrogens (tertiary/aromatic N) is 1. The minimum Gasteiger partial charge on any atom is -0.376 e. The van der Waals surface area contributed by atoms with Gasteiger partial charge in [0.1, 0.15) is 0 Å². The van der Waals surface area contributed by atoms with Crippen LogP contribution in [0.3, 0.4) is 0 Å². The van der Waals surface area contributed by atoms with Gasteiger partial charge in [0.2, 0.25) is 5.91 Å². The zero-order valence-corrected chi connectivity index (χ0v) is 15.0. The summed E-state index contributed by atoms with van der Waals surface area (Å²) in [6.07, 6.45) is 0. The lowest BCUT2D eigenvalue weighted by molar-refractivity contribution is -0.128. The van der Waals surface area contributed by atoms with Crippen LogP contribution in [-0.4, -0.2) is 36.3 Å². The van der Waals surface area contributed by atoms with Gasteiger partial charge < -0.3 is 15.5 Å². The van der Waals surface area contributed by atoms with E-state index >= 15 is 0 Å². The molecule has 0 saturated heterocycles. The molecule has 2 amide bonds. The average Bonchev–Trinajstić information content (AvgIpc) is 2.62. The highest BCUT2D eigenvalue weighted by Crippen LogP contribution is 2.15. The second-order valence-corrected chi connectivity index (χ2v) is 5.82. The summed E-state index contributed by atoms with van der Waals surface area (Å²) >= 11 is 0. The van der Waals surface area contributed by atoms with Gasteiger partial charge in [0, 0.05) is 30.0 Å². The van der Waals surface area contributed by atoms with E-state index in [1.165, 1.54) is 0 Å². The van der Waals surface area contributed by atoms with Crippen LogP contribution < -0.4 is 10.6 Å². The third kappa shape index (κ3) is 5.35. The van der Waals surface area contributed by atoms with Crippen LogP contribution >= 0.6 is 0 Å². The molecular formula is C20H25N3O2. The topological polar surface area (TPSA) is 61.4 Å². The average molecular weight is 339 g/mol. The standard InChI is InChI=1S/C20H25N3O2/c1-4-23(5-2)19(24)14-21-17-9-11-18(12-10-17)22-20(25)16-8-6-7-15(3)13-16/h6-13,21H,4-5,14H2,1-3H3,(H,22,25). The van der Waals surface area contributed by atoms with Crippen molar-refractivity contribution in [2.24, 2.45) is 0 Å². The minimum atomic E-state index is -0.138. The van der Waals surface area contributed by atoms with Crippen molar-refractivity contribution in [1.82, 2.24) is 4.90 Å². The summed E-state index contributed by atoms with van der Waals surface area (Å²) in [5, 5.41) is 5.98. The predicted octanol–water partition coefficient (Wildman–Crippen LogP) is 3.53. The molecule has 0 aliphatic carbocycles. The second kappa shape index (κ2) is 8.87. The van der Waals surface area contributed by atoms with E-state index in [0.717, 1.165) is 11.3 Å². The first kappa shape index (κ1) is 18.5. The molecule has 2 aromatic carbocycles. The highest BCUT2D eigenvalue weighted by atomic mass is 16.2. The molecule has 5 nitrogen and oxygen atoms in total. The predicted molar refractivity (Wildman–Crippen MR) is 102 cm³/mol. The summed E-state index contributed by atoms with van der Waals surface area (Å²) < 4.78 is 0. The molecule has 2 aromatic rings. The number of nitrogens with one attached hydrogen (secondary N) is 2. The van der Waals surface area contributed by atoms with E-state index in [-0.39, 0.29) is 18.4 Å². The van der Waals surface area contributed by atoms with Gasteiger partial charge in [0.25, 0.3) is 5.91 Å². The Morgan fingerprint density at radius 2 is 1.60 bits per heavy atom. The quantitative estimate of drug-likeness (QED) is 0.811. The molecule has 2 rings (SSSR count). The van der Waals surface area contributed by atoms with E-state index in [1.54, 1.807) is 11.0 Å². The van der Waals surface area contributed by atoms with Gasteiger partial charge in [-0.1, -0.05) is 17.7 Å². The Labute approximate surface area is 149 Å². The van der Waals surface area contributed by atoms with Crippen LogP contribution in [-0.2, 0) is 4.79 Å². The molecule has 0 bridgehead atoms. The van der Waals surface area contributed by atoms with Gasteiger partial charge in [0.15, 0.2) is 0 Å². The third-order valence-electron chi connectivity index (χ3n) is 3.98. The van der Waals surface area contributed by atoms with Crippen LogP contribution in [0.2, 0.25) is 0 Å². The van der Waals surface area contributed by atoms with Crippen molar-refractivity contribution in [3.63, 3.8) is 0 Å². The maximum atomic E-state index is 12.2. The Balaban J connectivity index is 1.91. The first-order valence-electron chi connectivity index (χ1n) is 8.53.